The summed E-state index contributed by atoms with van der Waals surface area (Å²) in [5, 5.41) is 0.252. The smallest absolute Gasteiger partial charge is 0.283 e. The number of ether oxygens (including phenoxy) is 1. The van der Waals surface area contributed by atoms with Gasteiger partial charge in [0.25, 0.3) is 11.3 Å². The normalized spacial score (nSPS) is 10.4. The summed E-state index contributed by atoms with van der Waals surface area (Å²) < 4.78 is 12.8. The summed E-state index contributed by atoms with van der Waals surface area (Å²) in [7, 11) is 0. The Balaban J connectivity index is 2.43. The molecule has 0 aliphatic carbocycles. The third kappa shape index (κ3) is 2.63. The summed E-state index contributed by atoms with van der Waals surface area (Å²) >= 11 is 12.5. The van der Waals surface area contributed by atoms with Crippen molar-refractivity contribution >= 4 is 34.9 Å². The van der Waals surface area contributed by atoms with Crippen molar-refractivity contribution < 1.29 is 4.74 Å². The SMILES string of the molecule is Cc1cc(Cl)c(Oc2nsnc(Cl)c2=O)cc1C. The molecule has 0 atom stereocenters. The monoisotopic (exact) mass is 302 g/mol. The first-order valence-electron chi connectivity index (χ1n) is 4.96. The van der Waals surface area contributed by atoms with Gasteiger partial charge in [-0.05, 0) is 37.1 Å². The van der Waals surface area contributed by atoms with Crippen molar-refractivity contribution in [2.45, 2.75) is 13.8 Å². The Kier molecular flexibility index (Phi) is 3.85. The Bertz CT molecular complexity index is 658. The van der Waals surface area contributed by atoms with Crippen LogP contribution in [0.1, 0.15) is 11.1 Å². The summed E-state index contributed by atoms with van der Waals surface area (Å²) in [5.41, 5.74) is 1.49. The first-order chi connectivity index (χ1) is 8.49. The van der Waals surface area contributed by atoms with Crippen LogP contribution in [0.4, 0.5) is 0 Å². The van der Waals surface area contributed by atoms with Gasteiger partial charge in [-0.15, -0.1) is 4.37 Å². The van der Waals surface area contributed by atoms with Crippen LogP contribution in [0.3, 0.4) is 0 Å². The van der Waals surface area contributed by atoms with Crippen molar-refractivity contribution in [2.75, 3.05) is 0 Å². The average molecular weight is 303 g/mol. The second-order valence-electron chi connectivity index (χ2n) is 3.66. The van der Waals surface area contributed by atoms with Crippen LogP contribution in [-0.4, -0.2) is 8.75 Å². The number of benzene rings is 1. The van der Waals surface area contributed by atoms with Crippen LogP contribution < -0.4 is 10.2 Å². The molecule has 0 bridgehead atoms. The first kappa shape index (κ1) is 13.3. The van der Waals surface area contributed by atoms with E-state index < -0.39 is 5.43 Å². The molecule has 0 fully saturated rings. The van der Waals surface area contributed by atoms with Crippen LogP contribution >= 0.6 is 34.9 Å². The van der Waals surface area contributed by atoms with E-state index in [0.29, 0.717) is 10.8 Å². The van der Waals surface area contributed by atoms with E-state index in [1.165, 1.54) is 0 Å². The molecule has 18 heavy (non-hydrogen) atoms. The van der Waals surface area contributed by atoms with E-state index in [-0.39, 0.29) is 11.0 Å². The zero-order chi connectivity index (χ0) is 13.3. The summed E-state index contributed by atoms with van der Waals surface area (Å²) in [6, 6.07) is 3.51. The molecule has 0 radical (unpaired) electrons. The number of aromatic nitrogens is 2. The Morgan fingerprint density at radius 2 is 1.83 bits per heavy atom. The highest BCUT2D eigenvalue weighted by molar-refractivity contribution is 6.99. The molecule has 0 spiro atoms. The molecule has 94 valence electrons. The van der Waals surface area contributed by atoms with Gasteiger partial charge in [0, 0.05) is 0 Å². The second-order valence-corrected chi connectivity index (χ2v) is 4.95. The maximum absolute atomic E-state index is 11.6. The number of halogens is 2. The van der Waals surface area contributed by atoms with Crippen molar-refractivity contribution in [1.82, 2.24) is 8.75 Å². The highest BCUT2D eigenvalue weighted by atomic mass is 35.5. The van der Waals surface area contributed by atoms with Crippen molar-refractivity contribution in [1.29, 1.82) is 0 Å². The number of hydrogen-bond donors (Lipinski definition) is 0. The molecule has 0 saturated carbocycles. The minimum Gasteiger partial charge on any atom is -0.433 e. The first-order valence-corrected chi connectivity index (χ1v) is 6.44. The molecule has 7 heteroatoms. The van der Waals surface area contributed by atoms with Crippen LogP contribution in [-0.2, 0) is 0 Å². The molecule has 2 rings (SSSR count). The number of aryl methyl sites for hydroxylation is 2. The van der Waals surface area contributed by atoms with Gasteiger partial charge in [-0.25, -0.2) is 0 Å². The lowest BCUT2D eigenvalue weighted by atomic mass is 10.1. The standard InChI is InChI=1S/C11H8Cl2N2O2S/c1-5-3-7(12)8(4-6(5)2)17-11-9(16)10(13)14-18-15-11/h3-4H,1-2H3. The summed E-state index contributed by atoms with van der Waals surface area (Å²) in [6.45, 7) is 3.86. The Labute approximate surface area is 117 Å². The predicted octanol–water partition coefficient (Wildman–Crippen LogP) is 3.61. The third-order valence-electron chi connectivity index (χ3n) is 2.38. The van der Waals surface area contributed by atoms with Crippen molar-refractivity contribution in [3.8, 4) is 11.6 Å². The lowest BCUT2D eigenvalue weighted by molar-refractivity contribution is 0.462. The molecule has 1 aromatic carbocycles. The van der Waals surface area contributed by atoms with Crippen molar-refractivity contribution in [3.63, 3.8) is 0 Å². The third-order valence-corrected chi connectivity index (χ3v) is 3.54. The fraction of sp³-hybridized carbons (Fsp3) is 0.182. The van der Waals surface area contributed by atoms with Gasteiger partial charge in [0.2, 0.25) is 0 Å². The van der Waals surface area contributed by atoms with E-state index >= 15 is 0 Å². The van der Waals surface area contributed by atoms with Crippen LogP contribution in [0, 0.1) is 13.8 Å². The highest BCUT2D eigenvalue weighted by Crippen LogP contribution is 2.30. The predicted molar refractivity (Wildman–Crippen MR) is 72.2 cm³/mol. The Hall–Kier alpha value is -1.17. The van der Waals surface area contributed by atoms with Gasteiger partial charge in [-0.2, -0.15) is 4.37 Å². The van der Waals surface area contributed by atoms with Gasteiger partial charge >= 0.3 is 0 Å². The molecule has 4 nitrogen and oxygen atoms in total. The zero-order valence-electron chi connectivity index (χ0n) is 9.53. The molecule has 0 saturated heterocycles. The maximum atomic E-state index is 11.6. The molecular weight excluding hydrogens is 295 g/mol. The molecule has 0 N–H and O–H groups in total. The van der Waals surface area contributed by atoms with Crippen LogP contribution in [0.5, 0.6) is 11.6 Å². The topological polar surface area (TPSA) is 52.1 Å². The summed E-state index contributed by atoms with van der Waals surface area (Å²) in [4.78, 5) is 11.6. The highest BCUT2D eigenvalue weighted by Gasteiger charge is 2.12. The number of nitrogens with zero attached hydrogens (tertiary/aromatic N) is 2. The molecule has 0 unspecified atom stereocenters. The maximum Gasteiger partial charge on any atom is 0.283 e. The average Bonchev–Trinajstić information content (AvgIpc) is 2.32. The number of rotatable bonds is 2. The van der Waals surface area contributed by atoms with E-state index in [2.05, 4.69) is 8.75 Å². The molecule has 1 heterocycles. The van der Waals surface area contributed by atoms with Crippen molar-refractivity contribution in [3.05, 3.63) is 43.7 Å². The largest absolute Gasteiger partial charge is 0.433 e. The zero-order valence-corrected chi connectivity index (χ0v) is 11.9. The van der Waals surface area contributed by atoms with Gasteiger partial charge in [-0.3, -0.25) is 4.79 Å². The van der Waals surface area contributed by atoms with E-state index in [1.54, 1.807) is 12.1 Å². The van der Waals surface area contributed by atoms with Gasteiger partial charge in [-0.1, -0.05) is 23.2 Å². The quantitative estimate of drug-likeness (QED) is 0.850. The van der Waals surface area contributed by atoms with Crippen LogP contribution in [0.2, 0.25) is 10.2 Å². The van der Waals surface area contributed by atoms with Gasteiger partial charge in [0.1, 0.15) is 5.75 Å². The molecule has 0 aliphatic rings. The van der Waals surface area contributed by atoms with Crippen LogP contribution in [0.25, 0.3) is 0 Å². The van der Waals surface area contributed by atoms with Gasteiger partial charge < -0.3 is 4.74 Å². The van der Waals surface area contributed by atoms with Gasteiger partial charge in [0.05, 0.1) is 16.8 Å². The fourth-order valence-corrected chi connectivity index (χ4v) is 2.09. The van der Waals surface area contributed by atoms with E-state index in [1.807, 2.05) is 13.8 Å². The number of hydrogen-bond acceptors (Lipinski definition) is 5. The minimum atomic E-state index is -0.551. The Morgan fingerprint density at radius 1 is 1.17 bits per heavy atom. The summed E-state index contributed by atoms with van der Waals surface area (Å²) in [6.07, 6.45) is 0. The Morgan fingerprint density at radius 3 is 2.56 bits per heavy atom. The van der Waals surface area contributed by atoms with Crippen molar-refractivity contribution in [2.24, 2.45) is 0 Å². The molecule has 0 amide bonds. The summed E-state index contributed by atoms with van der Waals surface area (Å²) in [5.74, 6) is 0.254. The minimum absolute atomic E-state index is 0.120. The second kappa shape index (κ2) is 5.22. The molecule has 1 aromatic heterocycles. The fourth-order valence-electron chi connectivity index (χ4n) is 1.27. The molecular formula is C11H8Cl2N2O2S. The molecule has 2 aromatic rings. The van der Waals surface area contributed by atoms with Gasteiger partial charge in [0.15, 0.2) is 5.15 Å². The molecule has 0 aliphatic heterocycles. The lowest BCUT2D eigenvalue weighted by Gasteiger charge is -2.08. The van der Waals surface area contributed by atoms with E-state index in [4.69, 9.17) is 27.9 Å². The van der Waals surface area contributed by atoms with E-state index in [0.717, 1.165) is 22.9 Å². The van der Waals surface area contributed by atoms with Crippen LogP contribution in [0.15, 0.2) is 16.9 Å². The lowest BCUT2D eigenvalue weighted by Crippen LogP contribution is -2.07. The van der Waals surface area contributed by atoms with E-state index in [9.17, 15) is 4.79 Å².